The van der Waals surface area contributed by atoms with Gasteiger partial charge in [0.25, 0.3) is 0 Å². The molecule has 0 radical (unpaired) electrons. The molecule has 22 N–H and O–H groups in total. The Kier molecular flexibility index (Phi) is 22.2. The number of amides is 9. The van der Waals surface area contributed by atoms with Gasteiger partial charge in [-0.1, -0.05) is 48.5 Å². The Morgan fingerprint density at radius 3 is 1.92 bits per heavy atom. The average molecular weight is 1000 g/mol. The number of aromatic amines is 1. The monoisotopic (exact) mass is 1000 g/mol. The third kappa shape index (κ3) is 18.9. The summed E-state index contributed by atoms with van der Waals surface area (Å²) < 4.78 is 0. The van der Waals surface area contributed by atoms with Crippen molar-refractivity contribution in [2.75, 3.05) is 19.6 Å². The van der Waals surface area contributed by atoms with Crippen LogP contribution in [0.1, 0.15) is 68.9 Å². The van der Waals surface area contributed by atoms with Crippen LogP contribution < -0.4 is 77.4 Å². The largest absolute Gasteiger partial charge is 0.370 e. The van der Waals surface area contributed by atoms with Crippen molar-refractivity contribution in [3.63, 3.8) is 0 Å². The molecule has 3 aromatic rings. The van der Waals surface area contributed by atoms with E-state index in [2.05, 4.69) is 52.2 Å². The third-order valence-electron chi connectivity index (χ3n) is 11.5. The first-order valence-electron chi connectivity index (χ1n) is 23.4. The average Bonchev–Trinajstić information content (AvgIpc) is 3.74. The van der Waals surface area contributed by atoms with E-state index in [4.69, 9.17) is 40.1 Å². The lowest BCUT2D eigenvalue weighted by Crippen LogP contribution is -2.60. The quantitative estimate of drug-likeness (QED) is 0.0344. The first kappa shape index (κ1) is 56.3. The number of carbonyl (C=O) groups excluding carboxylic acids is 9. The van der Waals surface area contributed by atoms with Gasteiger partial charge in [0, 0.05) is 56.0 Å². The van der Waals surface area contributed by atoms with Crippen molar-refractivity contribution in [2.24, 2.45) is 50.1 Å². The summed E-state index contributed by atoms with van der Waals surface area (Å²) in [5.41, 5.74) is 41.1. The second kappa shape index (κ2) is 28.4. The minimum atomic E-state index is -1.70. The van der Waals surface area contributed by atoms with Gasteiger partial charge in [-0.2, -0.15) is 0 Å². The molecule has 7 atom stereocenters. The van der Waals surface area contributed by atoms with E-state index in [1.54, 1.807) is 42.6 Å². The van der Waals surface area contributed by atoms with E-state index in [1.165, 1.54) is 0 Å². The Balaban J connectivity index is 1.75. The molecule has 1 aromatic heterocycles. The van der Waals surface area contributed by atoms with Crippen molar-refractivity contribution in [3.8, 4) is 0 Å². The van der Waals surface area contributed by atoms with Crippen LogP contribution in [-0.4, -0.2) is 132 Å². The highest BCUT2D eigenvalue weighted by Crippen LogP contribution is 2.20. The summed E-state index contributed by atoms with van der Waals surface area (Å²) in [5, 5.41) is 19.0. The molecule has 1 fully saturated rings. The van der Waals surface area contributed by atoms with E-state index >= 15 is 0 Å². The number of guanidine groups is 2. The molecular formula is C46H67N17O9. The van der Waals surface area contributed by atoms with Crippen molar-refractivity contribution < 1.29 is 43.2 Å². The van der Waals surface area contributed by atoms with Gasteiger partial charge in [0.05, 0.1) is 12.5 Å². The molecule has 26 heteroatoms. The van der Waals surface area contributed by atoms with Gasteiger partial charge in [0.15, 0.2) is 11.9 Å². The highest BCUT2D eigenvalue weighted by molar-refractivity contribution is 5.99. The molecule has 2 aromatic carbocycles. The molecular weight excluding hydrogens is 935 g/mol. The SMILES string of the molecule is NC(=O)C[C@@H]1NC(=O)[C@@H](NC(=O)[C@@H](N)CCCN=C(N)N)CCCNC(=O)CC[C@@H](C(N)=O)NC(=O)[C@H](Cc2c[nH]c3ccccc23)NC(=O)[C@H](CCCN=C(N)N)NC(=O)[C@@H](Cc2ccccc2)NC1=O. The first-order chi connectivity index (χ1) is 34.3. The molecule has 9 amide bonds. The standard InChI is InChI=1S/C46H67N17O9/c47-28(12-6-19-55-45(50)51)39(67)59-31-14-7-18-54-37(65)17-16-30(38(49)66)58-43(71)34(22-26-24-57-29-13-5-4-11-27(26)29)62-41(69)32(15-8-20-56-46(52)53)60-42(70)33(21-25-9-2-1-3-10-25)61-44(72)35(23-36(48)64)63-40(31)68/h1-5,9-11,13,24,28,30-35,57H,6-8,12,14-23,47H2,(H2,48,64)(H2,49,66)(H,54,65)(H,58,71)(H,59,67)(H,60,70)(H,61,72)(H,62,69)(H,63,68)(H4,50,51,55)(H4,52,53,56)/t28-,30-,31-,32-,33+,34-,35-/m0/s1. The van der Waals surface area contributed by atoms with E-state index in [-0.39, 0.29) is 89.3 Å². The van der Waals surface area contributed by atoms with E-state index < -0.39 is 102 Å². The van der Waals surface area contributed by atoms with Crippen molar-refractivity contribution >= 4 is 76.0 Å². The predicted octanol–water partition coefficient (Wildman–Crippen LogP) is -4.65. The van der Waals surface area contributed by atoms with Gasteiger partial charge in [-0.15, -0.1) is 0 Å². The molecule has 1 aliphatic heterocycles. The van der Waals surface area contributed by atoms with Gasteiger partial charge >= 0.3 is 0 Å². The number of primary amides is 2. The first-order valence-corrected chi connectivity index (χ1v) is 23.4. The number of hydrogen-bond acceptors (Lipinski definition) is 12. The summed E-state index contributed by atoms with van der Waals surface area (Å²) in [6.45, 7) is 0.150. The van der Waals surface area contributed by atoms with Crippen molar-refractivity contribution in [2.45, 2.75) is 113 Å². The smallest absolute Gasteiger partial charge is 0.243 e. The van der Waals surface area contributed by atoms with Crippen LogP contribution in [0.2, 0.25) is 0 Å². The number of aliphatic imine (C=N–C) groups is 2. The second-order valence-corrected chi connectivity index (χ2v) is 17.2. The van der Waals surface area contributed by atoms with E-state index in [0.717, 1.165) is 10.9 Å². The lowest BCUT2D eigenvalue weighted by atomic mass is 10.0. The summed E-state index contributed by atoms with van der Waals surface area (Å²) in [5.74, 6) is -8.22. The Morgan fingerprint density at radius 2 is 1.25 bits per heavy atom. The van der Waals surface area contributed by atoms with Gasteiger partial charge < -0.3 is 82.3 Å². The van der Waals surface area contributed by atoms with E-state index in [9.17, 15) is 43.2 Å². The molecule has 0 saturated carbocycles. The summed E-state index contributed by atoms with van der Waals surface area (Å²) >= 11 is 0. The number of benzene rings is 2. The molecule has 1 saturated heterocycles. The van der Waals surface area contributed by atoms with Gasteiger partial charge in [-0.3, -0.25) is 53.1 Å². The van der Waals surface area contributed by atoms with Crippen LogP contribution >= 0.6 is 0 Å². The number of fused-ring (bicyclic) bond motifs is 1. The van der Waals surface area contributed by atoms with Crippen LogP contribution in [-0.2, 0) is 56.0 Å². The number of hydrogen-bond donors (Lipinski definition) is 15. The molecule has 26 nitrogen and oxygen atoms in total. The lowest BCUT2D eigenvalue weighted by molar-refractivity contribution is -0.136. The zero-order valence-corrected chi connectivity index (χ0v) is 39.8. The number of nitrogens with zero attached hydrogens (tertiary/aromatic N) is 2. The molecule has 2 heterocycles. The Morgan fingerprint density at radius 1 is 0.667 bits per heavy atom. The number of carbonyl (C=O) groups is 9. The lowest BCUT2D eigenvalue weighted by Gasteiger charge is -2.27. The van der Waals surface area contributed by atoms with Gasteiger partial charge in [0.2, 0.25) is 53.2 Å². The third-order valence-corrected chi connectivity index (χ3v) is 11.5. The minimum Gasteiger partial charge on any atom is -0.370 e. The maximum absolute atomic E-state index is 14.5. The Labute approximate surface area is 415 Å². The maximum atomic E-state index is 14.5. The highest BCUT2D eigenvalue weighted by Gasteiger charge is 2.35. The minimum absolute atomic E-state index is 0.0284. The zero-order valence-electron chi connectivity index (χ0n) is 39.8. The fraction of sp³-hybridized carbons (Fsp3) is 0.457. The zero-order chi connectivity index (χ0) is 52.7. The molecule has 390 valence electrons. The van der Waals surface area contributed by atoms with Crippen LogP contribution in [0.5, 0.6) is 0 Å². The van der Waals surface area contributed by atoms with Gasteiger partial charge in [-0.05, 0) is 62.1 Å². The summed E-state index contributed by atoms with van der Waals surface area (Å²) in [4.78, 5) is 134. The maximum Gasteiger partial charge on any atom is 0.243 e. The summed E-state index contributed by atoms with van der Waals surface area (Å²) in [6, 6.07) is 5.82. The molecule has 4 rings (SSSR count). The van der Waals surface area contributed by atoms with Gasteiger partial charge in [-0.25, -0.2) is 0 Å². The van der Waals surface area contributed by atoms with Crippen LogP contribution in [0.4, 0.5) is 0 Å². The number of H-pyrrole nitrogens is 1. The predicted molar refractivity (Wildman–Crippen MR) is 266 cm³/mol. The molecule has 0 unspecified atom stereocenters. The molecule has 0 spiro atoms. The Bertz CT molecular complexity index is 2440. The van der Waals surface area contributed by atoms with Crippen LogP contribution in [0.15, 0.2) is 70.8 Å². The topological polar surface area (TPSA) is 460 Å². The molecule has 0 aliphatic carbocycles. The molecule has 0 bridgehead atoms. The number of para-hydroxylation sites is 1. The molecule has 1 aliphatic rings. The number of nitrogens with two attached hydrogens (primary N) is 7. The second-order valence-electron chi connectivity index (χ2n) is 17.2. The number of nitrogens with one attached hydrogen (secondary N) is 8. The fourth-order valence-corrected chi connectivity index (χ4v) is 7.71. The Hall–Kier alpha value is -8.29. The van der Waals surface area contributed by atoms with Crippen LogP contribution in [0.25, 0.3) is 10.9 Å². The molecule has 72 heavy (non-hydrogen) atoms. The summed E-state index contributed by atoms with van der Waals surface area (Å²) in [6.07, 6.45) is 0.451. The fourth-order valence-electron chi connectivity index (χ4n) is 7.71. The van der Waals surface area contributed by atoms with Crippen LogP contribution in [0, 0.1) is 0 Å². The van der Waals surface area contributed by atoms with E-state index in [0.29, 0.717) is 17.5 Å². The van der Waals surface area contributed by atoms with Gasteiger partial charge in [0.1, 0.15) is 36.3 Å². The van der Waals surface area contributed by atoms with Crippen molar-refractivity contribution in [3.05, 3.63) is 71.9 Å². The summed E-state index contributed by atoms with van der Waals surface area (Å²) in [7, 11) is 0. The van der Waals surface area contributed by atoms with Crippen LogP contribution in [0.3, 0.4) is 0 Å². The van der Waals surface area contributed by atoms with E-state index in [1.807, 2.05) is 18.2 Å². The number of aromatic nitrogens is 1. The highest BCUT2D eigenvalue weighted by atomic mass is 16.2. The van der Waals surface area contributed by atoms with Crippen molar-refractivity contribution in [1.82, 2.24) is 42.2 Å². The number of rotatable bonds is 17. The normalized spacial score (nSPS) is 21.5. The van der Waals surface area contributed by atoms with Crippen molar-refractivity contribution in [1.29, 1.82) is 0 Å².